The summed E-state index contributed by atoms with van der Waals surface area (Å²) in [5.74, 6) is -2.25. The number of benzene rings is 2. The maximum absolute atomic E-state index is 12.5. The number of carbonyl (C=O) groups is 3. The van der Waals surface area contributed by atoms with E-state index in [0.29, 0.717) is 5.69 Å². The van der Waals surface area contributed by atoms with E-state index in [1.807, 2.05) is 31.2 Å². The molecule has 2 amide bonds. The summed E-state index contributed by atoms with van der Waals surface area (Å²) in [6.45, 7) is 3.47. The molecule has 0 aliphatic carbocycles. The largest absolute Gasteiger partial charge is 0.452 e. The van der Waals surface area contributed by atoms with Crippen molar-refractivity contribution in [2.75, 3.05) is 16.8 Å². The van der Waals surface area contributed by atoms with E-state index in [0.717, 1.165) is 5.56 Å². The molecule has 1 aliphatic heterocycles. The molecule has 156 valence electrons. The van der Waals surface area contributed by atoms with Gasteiger partial charge in [-0.05, 0) is 32.0 Å². The van der Waals surface area contributed by atoms with Crippen LogP contribution in [-0.2, 0) is 19.1 Å². The molecule has 2 aromatic rings. The molecule has 9 heteroatoms. The molecule has 3 rings (SSSR count). The molecule has 1 N–H and O–H groups in total. The van der Waals surface area contributed by atoms with Crippen LogP contribution in [0.5, 0.6) is 0 Å². The van der Waals surface area contributed by atoms with Gasteiger partial charge in [0.25, 0.3) is 11.6 Å². The Labute approximate surface area is 172 Å². The van der Waals surface area contributed by atoms with Gasteiger partial charge in [0, 0.05) is 24.7 Å². The van der Waals surface area contributed by atoms with Gasteiger partial charge in [0.05, 0.1) is 10.8 Å². The summed E-state index contributed by atoms with van der Waals surface area (Å²) in [6.07, 6.45) is -1.19. The smallest absolute Gasteiger partial charge is 0.312 e. The van der Waals surface area contributed by atoms with Crippen LogP contribution < -0.4 is 10.2 Å². The van der Waals surface area contributed by atoms with Crippen LogP contribution in [0.4, 0.5) is 17.1 Å². The highest BCUT2D eigenvalue weighted by atomic mass is 16.6. The molecule has 0 bridgehead atoms. The third-order valence-electron chi connectivity index (χ3n) is 4.82. The molecule has 0 aromatic heterocycles. The minimum absolute atomic E-state index is 0.00872. The first-order valence-corrected chi connectivity index (χ1v) is 9.38. The second-order valence-corrected chi connectivity index (χ2v) is 7.08. The van der Waals surface area contributed by atoms with Gasteiger partial charge in [-0.25, -0.2) is 0 Å². The van der Waals surface area contributed by atoms with Crippen molar-refractivity contribution in [3.05, 3.63) is 64.2 Å². The SMILES string of the molecule is Cc1ccc(N2C[C@@H](C(=O)O[C@H](C)C(=O)Nc3ccccc3[N+](=O)[O-])CC2=O)cc1. The van der Waals surface area contributed by atoms with Crippen molar-refractivity contribution >= 4 is 34.8 Å². The summed E-state index contributed by atoms with van der Waals surface area (Å²) in [6, 6.07) is 13.0. The fourth-order valence-corrected chi connectivity index (χ4v) is 3.14. The number of nitro benzene ring substituents is 1. The van der Waals surface area contributed by atoms with Crippen LogP contribution in [-0.4, -0.2) is 35.4 Å². The second kappa shape index (κ2) is 8.73. The summed E-state index contributed by atoms with van der Waals surface area (Å²) < 4.78 is 5.22. The lowest BCUT2D eigenvalue weighted by Crippen LogP contribution is -2.33. The van der Waals surface area contributed by atoms with Gasteiger partial charge in [-0.1, -0.05) is 29.8 Å². The van der Waals surface area contributed by atoms with Crippen molar-refractivity contribution in [3.63, 3.8) is 0 Å². The van der Waals surface area contributed by atoms with Crippen LogP contribution >= 0.6 is 0 Å². The monoisotopic (exact) mass is 411 g/mol. The topological polar surface area (TPSA) is 119 Å². The molecule has 1 heterocycles. The van der Waals surface area contributed by atoms with Gasteiger partial charge in [-0.2, -0.15) is 0 Å². The molecule has 0 radical (unpaired) electrons. The Bertz CT molecular complexity index is 988. The van der Waals surface area contributed by atoms with Gasteiger partial charge in [-0.3, -0.25) is 24.5 Å². The summed E-state index contributed by atoms with van der Waals surface area (Å²) in [5.41, 5.74) is 1.50. The van der Waals surface area contributed by atoms with E-state index >= 15 is 0 Å². The van der Waals surface area contributed by atoms with Gasteiger partial charge in [0.2, 0.25) is 5.91 Å². The molecule has 30 heavy (non-hydrogen) atoms. The first-order valence-electron chi connectivity index (χ1n) is 9.38. The summed E-state index contributed by atoms with van der Waals surface area (Å²) in [7, 11) is 0. The first-order chi connectivity index (χ1) is 14.3. The molecule has 2 atom stereocenters. The number of nitro groups is 1. The molecule has 1 saturated heterocycles. The lowest BCUT2D eigenvalue weighted by molar-refractivity contribution is -0.383. The minimum atomic E-state index is -1.18. The van der Waals surface area contributed by atoms with E-state index in [9.17, 15) is 24.5 Å². The van der Waals surface area contributed by atoms with Crippen molar-refractivity contribution < 1.29 is 24.0 Å². The van der Waals surface area contributed by atoms with Gasteiger partial charge in [0.1, 0.15) is 5.69 Å². The predicted octanol–water partition coefficient (Wildman–Crippen LogP) is 2.83. The van der Waals surface area contributed by atoms with Crippen molar-refractivity contribution in [2.24, 2.45) is 5.92 Å². The maximum Gasteiger partial charge on any atom is 0.312 e. The lowest BCUT2D eigenvalue weighted by atomic mass is 10.1. The number of nitrogens with zero attached hydrogens (tertiary/aromatic N) is 2. The van der Waals surface area contributed by atoms with Gasteiger partial charge in [-0.15, -0.1) is 0 Å². The number of anilines is 2. The molecule has 9 nitrogen and oxygen atoms in total. The van der Waals surface area contributed by atoms with Gasteiger partial charge in [0.15, 0.2) is 6.10 Å². The number of nitrogens with one attached hydrogen (secondary N) is 1. The van der Waals surface area contributed by atoms with Crippen molar-refractivity contribution in [3.8, 4) is 0 Å². The van der Waals surface area contributed by atoms with Crippen molar-refractivity contribution in [1.82, 2.24) is 0 Å². The van der Waals surface area contributed by atoms with Crippen molar-refractivity contribution in [1.29, 1.82) is 0 Å². The normalized spacial score (nSPS) is 16.8. The van der Waals surface area contributed by atoms with Crippen LogP contribution in [0.2, 0.25) is 0 Å². The Morgan fingerprint density at radius 3 is 2.53 bits per heavy atom. The summed E-state index contributed by atoms with van der Waals surface area (Å²) in [4.78, 5) is 49.1. The number of hydrogen-bond acceptors (Lipinski definition) is 6. The molecule has 1 aliphatic rings. The molecule has 0 saturated carbocycles. The Kier molecular flexibility index (Phi) is 6.10. The highest BCUT2D eigenvalue weighted by molar-refractivity contribution is 6.00. The number of aryl methyl sites for hydroxylation is 1. The Morgan fingerprint density at radius 1 is 1.20 bits per heavy atom. The fourth-order valence-electron chi connectivity index (χ4n) is 3.14. The zero-order valence-electron chi connectivity index (χ0n) is 16.5. The Balaban J connectivity index is 1.60. The van der Waals surface area contributed by atoms with Gasteiger partial charge >= 0.3 is 5.97 Å². The average molecular weight is 411 g/mol. The standard InChI is InChI=1S/C21H21N3O6/c1-13-7-9-16(10-8-13)23-12-15(11-19(23)25)21(27)30-14(2)20(26)22-17-5-3-4-6-18(17)24(28)29/h3-10,14-15H,11-12H2,1-2H3,(H,22,26)/t14-,15+/m1/s1. The minimum Gasteiger partial charge on any atom is -0.452 e. The molecule has 0 spiro atoms. The lowest BCUT2D eigenvalue weighted by Gasteiger charge is -2.18. The van der Waals surface area contributed by atoms with Crippen LogP contribution in [0, 0.1) is 23.0 Å². The highest BCUT2D eigenvalue weighted by Crippen LogP contribution is 2.27. The summed E-state index contributed by atoms with van der Waals surface area (Å²) >= 11 is 0. The third kappa shape index (κ3) is 4.62. The fraction of sp³-hybridized carbons (Fsp3) is 0.286. The van der Waals surface area contributed by atoms with Crippen LogP contribution in [0.1, 0.15) is 18.9 Å². The van der Waals surface area contributed by atoms with E-state index in [2.05, 4.69) is 5.32 Å². The van der Waals surface area contributed by atoms with Crippen LogP contribution in [0.3, 0.4) is 0 Å². The molecular weight excluding hydrogens is 390 g/mol. The first kappa shape index (κ1) is 21.0. The number of ether oxygens (including phenoxy) is 1. The third-order valence-corrected chi connectivity index (χ3v) is 4.82. The highest BCUT2D eigenvalue weighted by Gasteiger charge is 2.37. The quantitative estimate of drug-likeness (QED) is 0.443. The number of carbonyl (C=O) groups excluding carboxylic acids is 3. The van der Waals surface area contributed by atoms with Crippen LogP contribution in [0.25, 0.3) is 0 Å². The average Bonchev–Trinajstić information content (AvgIpc) is 3.10. The predicted molar refractivity (Wildman–Crippen MR) is 109 cm³/mol. The van der Waals surface area contributed by atoms with E-state index < -0.39 is 28.8 Å². The zero-order valence-corrected chi connectivity index (χ0v) is 16.5. The molecule has 0 unspecified atom stereocenters. The maximum atomic E-state index is 12.5. The van der Waals surface area contributed by atoms with E-state index in [-0.39, 0.29) is 30.2 Å². The van der Waals surface area contributed by atoms with E-state index in [1.54, 1.807) is 6.07 Å². The van der Waals surface area contributed by atoms with Crippen molar-refractivity contribution in [2.45, 2.75) is 26.4 Å². The molecule has 1 fully saturated rings. The van der Waals surface area contributed by atoms with Gasteiger partial charge < -0.3 is 15.0 Å². The Hall–Kier alpha value is -3.75. The zero-order chi connectivity index (χ0) is 21.8. The number of amides is 2. The van der Waals surface area contributed by atoms with Crippen LogP contribution in [0.15, 0.2) is 48.5 Å². The van der Waals surface area contributed by atoms with E-state index in [1.165, 1.54) is 30.0 Å². The molecular formula is C21H21N3O6. The summed E-state index contributed by atoms with van der Waals surface area (Å²) in [5, 5.41) is 13.5. The number of para-hydroxylation sites is 2. The molecule has 2 aromatic carbocycles. The number of hydrogen-bond donors (Lipinski definition) is 1. The van der Waals surface area contributed by atoms with E-state index in [4.69, 9.17) is 4.74 Å². The number of esters is 1. The Morgan fingerprint density at radius 2 is 1.87 bits per heavy atom. The number of rotatable bonds is 6. The second-order valence-electron chi connectivity index (χ2n) is 7.08.